The van der Waals surface area contributed by atoms with Crippen LogP contribution in [0.1, 0.15) is 51.7 Å². The number of hydrogen-bond donors (Lipinski definition) is 3. The summed E-state index contributed by atoms with van der Waals surface area (Å²) in [6.07, 6.45) is 9.67. The van der Waals surface area contributed by atoms with E-state index in [1.165, 1.54) is 5.54 Å². The molecule has 1 aliphatic heterocycles. The summed E-state index contributed by atoms with van der Waals surface area (Å²) in [5.74, 6) is 0. The monoisotopic (exact) mass is 521 g/mol. The molecule has 1 saturated heterocycles. The number of allylic oxidation sites excluding steroid dienone is 2. The Morgan fingerprint density at radius 3 is 2.65 bits per heavy atom. The van der Waals surface area contributed by atoms with Crippen LogP contribution in [0.25, 0.3) is 17.8 Å². The lowest BCUT2D eigenvalue weighted by atomic mass is 9.78. The van der Waals surface area contributed by atoms with Crippen molar-refractivity contribution < 1.29 is 0 Å². The molecule has 0 aliphatic carbocycles. The molecule has 1 fully saturated rings. The number of halogens is 1. The van der Waals surface area contributed by atoms with E-state index in [9.17, 15) is 0 Å². The van der Waals surface area contributed by atoms with Gasteiger partial charge in [0.25, 0.3) is 0 Å². The highest BCUT2D eigenvalue weighted by Crippen LogP contribution is 2.33. The molecule has 0 spiro atoms. The minimum atomic E-state index is 0.219. The normalized spacial score (nSPS) is 18.4. The minimum Gasteiger partial charge on any atom is -0.398 e. The van der Waals surface area contributed by atoms with Crippen LogP contribution in [0.5, 0.6) is 0 Å². The Bertz CT molecular complexity index is 1320. The summed E-state index contributed by atoms with van der Waals surface area (Å²) in [4.78, 5) is 11.9. The summed E-state index contributed by atoms with van der Waals surface area (Å²) >= 11 is 5.90. The molecule has 7 nitrogen and oxygen atoms in total. The molecular weight excluding hydrogens is 482 g/mol. The lowest BCUT2D eigenvalue weighted by Gasteiger charge is -2.47. The lowest BCUT2D eigenvalue weighted by molar-refractivity contribution is 0.0274. The number of nitrogen functional groups attached to an aromatic ring is 1. The molecule has 0 atom stereocenters. The summed E-state index contributed by atoms with van der Waals surface area (Å²) in [5.41, 5.74) is 20.5. The number of aliphatic imine (C=N–C) groups is 2. The summed E-state index contributed by atoms with van der Waals surface area (Å²) in [7, 11) is 2.15. The van der Waals surface area contributed by atoms with E-state index in [0.29, 0.717) is 11.4 Å². The number of anilines is 1. The maximum absolute atomic E-state index is 6.85. The maximum Gasteiger partial charge on any atom is 0.0653 e. The van der Waals surface area contributed by atoms with Gasteiger partial charge in [-0.2, -0.15) is 5.10 Å². The number of nitrogens with two attached hydrogens (primary N) is 2. The molecule has 0 bridgehead atoms. The van der Waals surface area contributed by atoms with E-state index >= 15 is 0 Å². The first-order valence-corrected chi connectivity index (χ1v) is 13.2. The van der Waals surface area contributed by atoms with Gasteiger partial charge in [0.05, 0.1) is 11.5 Å². The summed E-state index contributed by atoms with van der Waals surface area (Å²) < 4.78 is 0. The zero-order chi connectivity index (χ0) is 27.0. The Morgan fingerprint density at radius 2 is 2.00 bits per heavy atom. The van der Waals surface area contributed by atoms with Crippen LogP contribution < -0.4 is 22.0 Å². The first-order valence-electron chi connectivity index (χ1n) is 12.8. The van der Waals surface area contributed by atoms with Gasteiger partial charge in [-0.25, -0.2) is 0 Å². The van der Waals surface area contributed by atoms with Crippen LogP contribution in [0.2, 0.25) is 0 Å². The molecule has 1 aromatic carbocycles. The fourth-order valence-electron chi connectivity index (χ4n) is 4.54. The molecule has 5 N–H and O–H groups in total. The van der Waals surface area contributed by atoms with Gasteiger partial charge in [-0.15, -0.1) is 0 Å². The molecular formula is C29H40ClN7. The summed E-state index contributed by atoms with van der Waals surface area (Å²) in [6, 6.07) is 5.81. The van der Waals surface area contributed by atoms with Crippen LogP contribution in [0.4, 0.5) is 5.69 Å². The van der Waals surface area contributed by atoms with Gasteiger partial charge in [-0.05, 0) is 69.2 Å². The number of aromatic amines is 1. The van der Waals surface area contributed by atoms with Crippen molar-refractivity contribution in [1.82, 2.24) is 15.1 Å². The second kappa shape index (κ2) is 12.9. The number of hydrogen-bond acceptors (Lipinski definition) is 6. The SMILES string of the molecule is CCCN=Cc1cc(C(N)=C(\C=c2/cn[nH]/c2=C/C(C)=C/Cl)C(C)=NCC2(CC)CN(C)C2)ccc1N. The van der Waals surface area contributed by atoms with E-state index in [4.69, 9.17) is 28.1 Å². The van der Waals surface area contributed by atoms with Crippen LogP contribution in [-0.2, 0) is 0 Å². The zero-order valence-electron chi connectivity index (χ0n) is 22.7. The van der Waals surface area contributed by atoms with Crippen molar-refractivity contribution >= 4 is 47.1 Å². The number of likely N-dealkylation sites (tertiary alicyclic amines) is 1. The van der Waals surface area contributed by atoms with Gasteiger partial charge >= 0.3 is 0 Å². The Morgan fingerprint density at radius 1 is 1.24 bits per heavy atom. The van der Waals surface area contributed by atoms with E-state index in [1.807, 2.05) is 50.4 Å². The first kappa shape index (κ1) is 28.4. The van der Waals surface area contributed by atoms with Crippen molar-refractivity contribution in [2.24, 2.45) is 21.1 Å². The molecule has 2 heterocycles. The fraction of sp³-hybridized carbons (Fsp3) is 0.414. The van der Waals surface area contributed by atoms with E-state index in [2.05, 4.69) is 41.0 Å². The Balaban J connectivity index is 2.15. The minimum absolute atomic E-state index is 0.219. The van der Waals surface area contributed by atoms with Crippen molar-refractivity contribution in [3.05, 3.63) is 62.8 Å². The highest BCUT2D eigenvalue weighted by Gasteiger charge is 2.39. The predicted molar refractivity (Wildman–Crippen MR) is 159 cm³/mol. The third kappa shape index (κ3) is 7.21. The topological polar surface area (TPSA) is 109 Å². The molecule has 1 aliphatic rings. The van der Waals surface area contributed by atoms with Crippen molar-refractivity contribution in [3.8, 4) is 0 Å². The number of benzene rings is 1. The summed E-state index contributed by atoms with van der Waals surface area (Å²) in [5, 5.41) is 9.05. The van der Waals surface area contributed by atoms with E-state index in [-0.39, 0.29) is 5.41 Å². The van der Waals surface area contributed by atoms with Crippen molar-refractivity contribution in [3.63, 3.8) is 0 Å². The van der Waals surface area contributed by atoms with Gasteiger partial charge in [0.2, 0.25) is 0 Å². The number of aromatic nitrogens is 2. The molecule has 3 rings (SSSR count). The molecule has 1 aromatic heterocycles. The number of H-pyrrole nitrogens is 1. The van der Waals surface area contributed by atoms with Gasteiger partial charge in [0.1, 0.15) is 0 Å². The molecule has 0 saturated carbocycles. The van der Waals surface area contributed by atoms with Gasteiger partial charge in [0, 0.05) is 76.8 Å². The standard InChI is InChI=1S/C29H40ClN7/c1-6-10-33-15-23-12-22(8-9-26(23)31)28(32)25(13-24-16-35-36-27(24)11-20(3)14-30)21(4)34-17-29(7-2)18-37(5)19-29/h8-9,11-16,36H,6-7,10,17-19,31-32H2,1-5H3/b20-14+,24-13+,27-11+,28-25?,33-15?,34-21?. The number of nitrogens with zero attached hydrogens (tertiary/aromatic N) is 4. The second-order valence-corrected chi connectivity index (χ2v) is 10.2. The highest BCUT2D eigenvalue weighted by molar-refractivity contribution is 6.26. The van der Waals surface area contributed by atoms with E-state index < -0.39 is 0 Å². The van der Waals surface area contributed by atoms with Crippen molar-refractivity contribution in [2.45, 2.75) is 40.5 Å². The highest BCUT2D eigenvalue weighted by atomic mass is 35.5. The third-order valence-electron chi connectivity index (χ3n) is 6.82. The smallest absolute Gasteiger partial charge is 0.0653 e. The number of rotatable bonds is 10. The van der Waals surface area contributed by atoms with Crippen LogP contribution in [0, 0.1) is 5.41 Å². The molecule has 0 unspecified atom stereocenters. The zero-order valence-corrected chi connectivity index (χ0v) is 23.4. The fourth-order valence-corrected chi connectivity index (χ4v) is 4.60. The lowest BCUT2D eigenvalue weighted by Crippen LogP contribution is -2.55. The predicted octanol–water partition coefficient (Wildman–Crippen LogP) is 3.70. The van der Waals surface area contributed by atoms with Gasteiger partial charge in [-0.3, -0.25) is 15.1 Å². The largest absolute Gasteiger partial charge is 0.398 e. The Hall–Kier alpha value is -3.16. The maximum atomic E-state index is 6.85. The first-order chi connectivity index (χ1) is 17.7. The van der Waals surface area contributed by atoms with Crippen LogP contribution in [0.15, 0.2) is 51.1 Å². The molecule has 0 amide bonds. The van der Waals surface area contributed by atoms with Gasteiger partial charge in [0.15, 0.2) is 0 Å². The molecule has 0 radical (unpaired) electrons. The van der Waals surface area contributed by atoms with Crippen molar-refractivity contribution in [2.75, 3.05) is 39.0 Å². The van der Waals surface area contributed by atoms with Crippen LogP contribution in [-0.4, -0.2) is 60.3 Å². The Labute approximate surface area is 225 Å². The molecule has 198 valence electrons. The summed E-state index contributed by atoms with van der Waals surface area (Å²) in [6.45, 7) is 11.9. The molecule has 2 aromatic rings. The Kier molecular flexibility index (Phi) is 9.89. The average molecular weight is 522 g/mol. The van der Waals surface area contributed by atoms with Gasteiger partial charge in [-0.1, -0.05) is 31.5 Å². The van der Waals surface area contributed by atoms with Crippen LogP contribution in [0.3, 0.4) is 0 Å². The van der Waals surface area contributed by atoms with Crippen molar-refractivity contribution in [1.29, 1.82) is 0 Å². The third-order valence-corrected chi connectivity index (χ3v) is 7.16. The molecule has 8 heteroatoms. The van der Waals surface area contributed by atoms with Crippen LogP contribution >= 0.6 is 11.6 Å². The second-order valence-electron chi connectivity index (χ2n) is 10.0. The quantitative estimate of drug-likeness (QED) is 0.327. The van der Waals surface area contributed by atoms with E-state index in [0.717, 1.165) is 77.6 Å². The average Bonchev–Trinajstić information content (AvgIpc) is 3.31. The van der Waals surface area contributed by atoms with Gasteiger partial charge < -0.3 is 16.4 Å². The number of nitrogens with one attached hydrogen (secondary N) is 1. The van der Waals surface area contributed by atoms with E-state index in [1.54, 1.807) is 6.20 Å². The molecule has 37 heavy (non-hydrogen) atoms.